The van der Waals surface area contributed by atoms with Gasteiger partial charge in [-0.05, 0) is 62.2 Å². The van der Waals surface area contributed by atoms with Crippen molar-refractivity contribution in [3.63, 3.8) is 0 Å². The number of likely N-dealkylation sites (tertiary alicyclic amines) is 1. The third-order valence-electron chi connectivity index (χ3n) is 5.31. The standard InChI is InChI=1S/C22H31N3O4/c1-27-20-9-8-17(15-21(20)28-2)10-11-23-22(26)24-16-18(19-7-6-14-29-19)25-12-4-3-5-13-25/h6-9,14-15,18H,3-5,10-13,16H2,1-2H3,(H2,23,24,26). The van der Waals surface area contributed by atoms with Crippen molar-refractivity contribution in [1.29, 1.82) is 0 Å². The highest BCUT2D eigenvalue weighted by molar-refractivity contribution is 5.73. The number of nitrogens with one attached hydrogen (secondary N) is 2. The van der Waals surface area contributed by atoms with E-state index in [0.29, 0.717) is 31.0 Å². The number of furan rings is 1. The first kappa shape index (κ1) is 21.0. The number of nitrogens with zero attached hydrogens (tertiary/aromatic N) is 1. The molecule has 0 saturated carbocycles. The normalized spacial score (nSPS) is 15.5. The lowest BCUT2D eigenvalue weighted by Crippen LogP contribution is -2.44. The Morgan fingerprint density at radius 1 is 1.10 bits per heavy atom. The number of carbonyl (C=O) groups excluding carboxylic acids is 1. The smallest absolute Gasteiger partial charge is 0.314 e. The van der Waals surface area contributed by atoms with E-state index in [0.717, 1.165) is 24.4 Å². The topological polar surface area (TPSA) is 76.0 Å². The molecule has 1 atom stereocenters. The molecule has 1 aliphatic rings. The zero-order chi connectivity index (χ0) is 20.5. The van der Waals surface area contributed by atoms with Crippen LogP contribution in [0.3, 0.4) is 0 Å². The molecule has 0 spiro atoms. The lowest BCUT2D eigenvalue weighted by Gasteiger charge is -2.33. The van der Waals surface area contributed by atoms with Crippen molar-refractivity contribution in [2.45, 2.75) is 31.7 Å². The maximum Gasteiger partial charge on any atom is 0.314 e. The first-order chi connectivity index (χ1) is 14.2. The number of carbonyl (C=O) groups is 1. The molecular formula is C22H31N3O4. The molecule has 2 aromatic rings. The van der Waals surface area contributed by atoms with Gasteiger partial charge in [0.05, 0.1) is 26.5 Å². The molecule has 0 bridgehead atoms. The summed E-state index contributed by atoms with van der Waals surface area (Å²) in [5, 5.41) is 5.93. The van der Waals surface area contributed by atoms with Crippen molar-refractivity contribution in [3.05, 3.63) is 47.9 Å². The van der Waals surface area contributed by atoms with Crippen molar-refractivity contribution in [2.24, 2.45) is 0 Å². The predicted molar refractivity (Wildman–Crippen MR) is 112 cm³/mol. The van der Waals surface area contributed by atoms with Crippen LogP contribution in [-0.4, -0.2) is 51.3 Å². The van der Waals surface area contributed by atoms with Crippen LogP contribution in [0, 0.1) is 0 Å². The average molecular weight is 402 g/mol. The van der Waals surface area contributed by atoms with Gasteiger partial charge in [-0.15, -0.1) is 0 Å². The molecule has 1 saturated heterocycles. The number of hydrogen-bond donors (Lipinski definition) is 2. The molecule has 1 unspecified atom stereocenters. The molecule has 1 aliphatic heterocycles. The van der Waals surface area contributed by atoms with Gasteiger partial charge in [-0.1, -0.05) is 12.5 Å². The van der Waals surface area contributed by atoms with Crippen LogP contribution in [0.2, 0.25) is 0 Å². The van der Waals surface area contributed by atoms with E-state index in [9.17, 15) is 4.79 Å². The van der Waals surface area contributed by atoms with Crippen LogP contribution >= 0.6 is 0 Å². The molecule has 1 fully saturated rings. The number of piperidine rings is 1. The minimum Gasteiger partial charge on any atom is -0.493 e. The fourth-order valence-electron chi connectivity index (χ4n) is 3.73. The van der Waals surface area contributed by atoms with Crippen molar-refractivity contribution in [2.75, 3.05) is 40.4 Å². The maximum atomic E-state index is 12.3. The Morgan fingerprint density at radius 2 is 1.90 bits per heavy atom. The quantitative estimate of drug-likeness (QED) is 0.674. The molecule has 158 valence electrons. The van der Waals surface area contributed by atoms with Crippen LogP contribution in [0.4, 0.5) is 4.79 Å². The van der Waals surface area contributed by atoms with Gasteiger partial charge in [-0.3, -0.25) is 4.90 Å². The van der Waals surface area contributed by atoms with Crippen LogP contribution in [0.1, 0.15) is 36.6 Å². The van der Waals surface area contributed by atoms with Gasteiger partial charge in [-0.2, -0.15) is 0 Å². The lowest BCUT2D eigenvalue weighted by molar-refractivity contribution is 0.143. The highest BCUT2D eigenvalue weighted by Gasteiger charge is 2.24. The highest BCUT2D eigenvalue weighted by atomic mass is 16.5. The Hall–Kier alpha value is -2.67. The van der Waals surface area contributed by atoms with Crippen LogP contribution in [0.5, 0.6) is 11.5 Å². The summed E-state index contributed by atoms with van der Waals surface area (Å²) < 4.78 is 16.2. The van der Waals surface area contributed by atoms with Crippen LogP contribution in [0.25, 0.3) is 0 Å². The van der Waals surface area contributed by atoms with Gasteiger partial charge in [0.25, 0.3) is 0 Å². The molecule has 7 nitrogen and oxygen atoms in total. The van der Waals surface area contributed by atoms with Gasteiger partial charge in [0.2, 0.25) is 0 Å². The number of ether oxygens (including phenoxy) is 2. The van der Waals surface area contributed by atoms with Gasteiger partial charge in [-0.25, -0.2) is 4.79 Å². The minimum atomic E-state index is -0.168. The summed E-state index contributed by atoms with van der Waals surface area (Å²) in [5.41, 5.74) is 1.07. The zero-order valence-electron chi connectivity index (χ0n) is 17.3. The lowest BCUT2D eigenvalue weighted by atomic mass is 10.1. The second kappa shape index (κ2) is 10.8. The van der Waals surface area contributed by atoms with Crippen molar-refractivity contribution in [3.8, 4) is 11.5 Å². The predicted octanol–water partition coefficient (Wildman–Crippen LogP) is 3.37. The Morgan fingerprint density at radius 3 is 2.59 bits per heavy atom. The SMILES string of the molecule is COc1ccc(CCNC(=O)NCC(c2ccco2)N2CCCCC2)cc1OC. The van der Waals surface area contributed by atoms with E-state index in [-0.39, 0.29) is 12.1 Å². The van der Waals surface area contributed by atoms with Gasteiger partial charge < -0.3 is 24.5 Å². The molecular weight excluding hydrogens is 370 g/mol. The fourth-order valence-corrected chi connectivity index (χ4v) is 3.73. The van der Waals surface area contributed by atoms with Gasteiger partial charge in [0, 0.05) is 13.1 Å². The van der Waals surface area contributed by atoms with Crippen LogP contribution in [-0.2, 0) is 6.42 Å². The molecule has 2 heterocycles. The summed E-state index contributed by atoms with van der Waals surface area (Å²) in [7, 11) is 3.23. The molecule has 0 radical (unpaired) electrons. The Labute approximate surface area is 172 Å². The molecule has 2 N–H and O–H groups in total. The van der Waals surface area contributed by atoms with Crippen molar-refractivity contribution >= 4 is 6.03 Å². The maximum absolute atomic E-state index is 12.3. The van der Waals surface area contributed by atoms with E-state index >= 15 is 0 Å². The molecule has 1 aromatic carbocycles. The van der Waals surface area contributed by atoms with Gasteiger partial charge in [0.15, 0.2) is 11.5 Å². The minimum absolute atomic E-state index is 0.0712. The molecule has 7 heteroatoms. The van der Waals surface area contributed by atoms with Gasteiger partial charge >= 0.3 is 6.03 Å². The number of amides is 2. The second-order valence-corrected chi connectivity index (χ2v) is 7.20. The van der Waals surface area contributed by atoms with E-state index in [1.165, 1.54) is 19.3 Å². The number of rotatable bonds is 9. The molecule has 2 amide bonds. The summed E-state index contributed by atoms with van der Waals surface area (Å²) >= 11 is 0. The first-order valence-corrected chi connectivity index (χ1v) is 10.2. The third kappa shape index (κ3) is 5.90. The molecule has 0 aliphatic carbocycles. The molecule has 1 aromatic heterocycles. The summed E-state index contributed by atoms with van der Waals surface area (Å²) in [4.78, 5) is 14.7. The van der Waals surface area contributed by atoms with Crippen molar-refractivity contribution in [1.82, 2.24) is 15.5 Å². The number of methoxy groups -OCH3 is 2. The van der Waals surface area contributed by atoms with E-state index in [4.69, 9.17) is 13.9 Å². The Balaban J connectivity index is 1.47. The summed E-state index contributed by atoms with van der Waals surface area (Å²) in [6.07, 6.45) is 6.05. The average Bonchev–Trinajstić information content (AvgIpc) is 3.29. The number of hydrogen-bond acceptors (Lipinski definition) is 5. The Bertz CT molecular complexity index is 757. The summed E-state index contributed by atoms with van der Waals surface area (Å²) in [6, 6.07) is 9.57. The Kier molecular flexibility index (Phi) is 7.81. The largest absolute Gasteiger partial charge is 0.493 e. The van der Waals surface area contributed by atoms with E-state index in [1.54, 1.807) is 20.5 Å². The molecule has 3 rings (SSSR count). The number of urea groups is 1. The van der Waals surface area contributed by atoms with Gasteiger partial charge in [0.1, 0.15) is 5.76 Å². The number of benzene rings is 1. The zero-order valence-corrected chi connectivity index (χ0v) is 17.3. The third-order valence-corrected chi connectivity index (χ3v) is 5.31. The van der Waals surface area contributed by atoms with E-state index < -0.39 is 0 Å². The second-order valence-electron chi connectivity index (χ2n) is 7.20. The summed E-state index contributed by atoms with van der Waals surface area (Å²) in [5.74, 6) is 2.29. The monoisotopic (exact) mass is 401 g/mol. The molecule has 29 heavy (non-hydrogen) atoms. The van der Waals surface area contributed by atoms with E-state index in [2.05, 4.69) is 15.5 Å². The van der Waals surface area contributed by atoms with Crippen LogP contribution in [0.15, 0.2) is 41.0 Å². The van der Waals surface area contributed by atoms with E-state index in [1.807, 2.05) is 30.3 Å². The first-order valence-electron chi connectivity index (χ1n) is 10.2. The summed E-state index contributed by atoms with van der Waals surface area (Å²) in [6.45, 7) is 3.13. The highest BCUT2D eigenvalue weighted by Crippen LogP contribution is 2.27. The van der Waals surface area contributed by atoms with Crippen molar-refractivity contribution < 1.29 is 18.7 Å². The van der Waals surface area contributed by atoms with Crippen LogP contribution < -0.4 is 20.1 Å². The fraction of sp³-hybridized carbons (Fsp3) is 0.500.